The summed E-state index contributed by atoms with van der Waals surface area (Å²) in [6, 6.07) is 7.09. The summed E-state index contributed by atoms with van der Waals surface area (Å²) in [7, 11) is 0.434. The van der Waals surface area contributed by atoms with Gasteiger partial charge in [-0.1, -0.05) is 12.1 Å². The first kappa shape index (κ1) is 22.1. The summed E-state index contributed by atoms with van der Waals surface area (Å²) in [4.78, 5) is 16.4. The van der Waals surface area contributed by atoms with Gasteiger partial charge in [-0.25, -0.2) is 8.42 Å². The van der Waals surface area contributed by atoms with Gasteiger partial charge in [0.2, 0.25) is 15.9 Å². The minimum Gasteiger partial charge on any atom is -0.336 e. The molecule has 1 atom stereocenters. The summed E-state index contributed by atoms with van der Waals surface area (Å²) >= 11 is 0. The maximum atomic E-state index is 13.0. The molecule has 0 aliphatic carbocycles. The highest BCUT2D eigenvalue weighted by molar-refractivity contribution is 7.89. The lowest BCUT2D eigenvalue weighted by molar-refractivity contribution is -0.135. The molecule has 0 aromatic heterocycles. The van der Waals surface area contributed by atoms with Crippen LogP contribution in [0.3, 0.4) is 0 Å². The van der Waals surface area contributed by atoms with Gasteiger partial charge in [0.25, 0.3) is 0 Å². The zero-order chi connectivity index (χ0) is 18.7. The van der Waals surface area contributed by atoms with Gasteiger partial charge in [0.05, 0.1) is 11.4 Å². The minimum absolute atomic E-state index is 0. The van der Waals surface area contributed by atoms with Gasteiger partial charge in [0, 0.05) is 38.8 Å². The van der Waals surface area contributed by atoms with Crippen LogP contribution in [0.15, 0.2) is 29.2 Å². The molecule has 2 aliphatic rings. The molecule has 1 aromatic rings. The molecule has 0 bridgehead atoms. The Kier molecular flexibility index (Phi) is 7.64. The SMILES string of the molecule is CN(C)Cc1ccc(S(=O)(=O)N2CCCC(N3CCNCC3=O)C2)cc1.Cl. The summed E-state index contributed by atoms with van der Waals surface area (Å²) in [5.41, 5.74) is 1.08. The number of piperazine rings is 1. The van der Waals surface area contributed by atoms with Crippen molar-refractivity contribution in [3.63, 3.8) is 0 Å². The maximum Gasteiger partial charge on any atom is 0.243 e. The van der Waals surface area contributed by atoms with E-state index >= 15 is 0 Å². The Labute approximate surface area is 168 Å². The number of piperidine rings is 1. The van der Waals surface area contributed by atoms with Crippen LogP contribution in [-0.4, -0.2) is 81.3 Å². The number of carbonyl (C=O) groups excluding carboxylic acids is 1. The summed E-state index contributed by atoms with van der Waals surface area (Å²) in [6.45, 7) is 3.43. The molecule has 2 aliphatic heterocycles. The second-order valence-electron chi connectivity index (χ2n) is 7.30. The standard InChI is InChI=1S/C18H28N4O3S.ClH/c1-20(2)13-15-5-7-17(8-6-15)26(24,25)21-10-3-4-16(14-21)22-11-9-19-12-18(22)23;/h5-8,16,19H,3-4,9-14H2,1-2H3;1H. The van der Waals surface area contributed by atoms with Crippen LogP contribution in [0.25, 0.3) is 0 Å². The van der Waals surface area contributed by atoms with E-state index < -0.39 is 10.0 Å². The Morgan fingerprint density at radius 1 is 1.19 bits per heavy atom. The van der Waals surface area contributed by atoms with Crippen molar-refractivity contribution in [2.45, 2.75) is 30.3 Å². The first-order chi connectivity index (χ1) is 12.4. The topological polar surface area (TPSA) is 73.0 Å². The van der Waals surface area contributed by atoms with E-state index in [0.29, 0.717) is 31.1 Å². The van der Waals surface area contributed by atoms with Crippen molar-refractivity contribution in [2.24, 2.45) is 0 Å². The van der Waals surface area contributed by atoms with Crippen molar-refractivity contribution < 1.29 is 13.2 Å². The van der Waals surface area contributed by atoms with E-state index in [4.69, 9.17) is 0 Å². The van der Waals surface area contributed by atoms with Crippen molar-refractivity contribution in [1.29, 1.82) is 0 Å². The highest BCUT2D eigenvalue weighted by Crippen LogP contribution is 2.24. The number of amides is 1. The van der Waals surface area contributed by atoms with Crippen LogP contribution in [0, 0.1) is 0 Å². The molecule has 152 valence electrons. The first-order valence-electron chi connectivity index (χ1n) is 9.12. The lowest BCUT2D eigenvalue weighted by Crippen LogP contribution is -2.57. The molecular formula is C18H29ClN4O3S. The number of nitrogens with one attached hydrogen (secondary N) is 1. The molecule has 2 heterocycles. The fourth-order valence-corrected chi connectivity index (χ4v) is 5.20. The van der Waals surface area contributed by atoms with E-state index in [0.717, 1.165) is 31.5 Å². The molecule has 1 unspecified atom stereocenters. The molecule has 2 saturated heterocycles. The number of carbonyl (C=O) groups is 1. The largest absolute Gasteiger partial charge is 0.336 e. The van der Waals surface area contributed by atoms with Crippen LogP contribution in [0.4, 0.5) is 0 Å². The Balaban J connectivity index is 0.00000261. The number of rotatable bonds is 5. The molecule has 0 radical (unpaired) electrons. The van der Waals surface area contributed by atoms with Gasteiger partial charge in [0.15, 0.2) is 0 Å². The molecule has 2 fully saturated rings. The van der Waals surface area contributed by atoms with E-state index in [1.165, 1.54) is 4.31 Å². The summed E-state index contributed by atoms with van der Waals surface area (Å²) < 4.78 is 27.6. The monoisotopic (exact) mass is 416 g/mol. The zero-order valence-corrected chi connectivity index (χ0v) is 17.6. The molecule has 0 spiro atoms. The Morgan fingerprint density at radius 2 is 1.89 bits per heavy atom. The fraction of sp³-hybridized carbons (Fsp3) is 0.611. The highest BCUT2D eigenvalue weighted by Gasteiger charge is 2.35. The predicted molar refractivity (Wildman–Crippen MR) is 107 cm³/mol. The number of nitrogens with zero attached hydrogens (tertiary/aromatic N) is 3. The van der Waals surface area contributed by atoms with E-state index in [-0.39, 0.29) is 24.4 Å². The molecule has 1 aromatic carbocycles. The van der Waals surface area contributed by atoms with Crippen molar-refractivity contribution >= 4 is 28.3 Å². The minimum atomic E-state index is -3.53. The van der Waals surface area contributed by atoms with E-state index in [2.05, 4.69) is 5.32 Å². The zero-order valence-electron chi connectivity index (χ0n) is 15.9. The molecule has 3 rings (SSSR count). The van der Waals surface area contributed by atoms with Crippen LogP contribution in [0.1, 0.15) is 18.4 Å². The lowest BCUT2D eigenvalue weighted by atomic mass is 10.1. The Morgan fingerprint density at radius 3 is 2.52 bits per heavy atom. The van der Waals surface area contributed by atoms with Crippen LogP contribution in [0.2, 0.25) is 0 Å². The number of hydrogen-bond acceptors (Lipinski definition) is 5. The van der Waals surface area contributed by atoms with Gasteiger partial charge in [-0.2, -0.15) is 4.31 Å². The molecular weight excluding hydrogens is 388 g/mol. The average Bonchev–Trinajstić information content (AvgIpc) is 2.62. The Bertz CT molecular complexity index is 739. The van der Waals surface area contributed by atoms with Crippen LogP contribution < -0.4 is 5.32 Å². The van der Waals surface area contributed by atoms with Crippen molar-refractivity contribution in [3.8, 4) is 0 Å². The molecule has 1 amide bonds. The lowest BCUT2D eigenvalue weighted by Gasteiger charge is -2.40. The third-order valence-electron chi connectivity index (χ3n) is 4.99. The number of halogens is 1. The summed E-state index contributed by atoms with van der Waals surface area (Å²) in [6.07, 6.45) is 1.64. The van der Waals surface area contributed by atoms with Crippen LogP contribution in [0.5, 0.6) is 0 Å². The van der Waals surface area contributed by atoms with E-state index in [1.54, 1.807) is 12.1 Å². The molecule has 7 nitrogen and oxygen atoms in total. The van der Waals surface area contributed by atoms with Crippen LogP contribution >= 0.6 is 12.4 Å². The number of sulfonamides is 1. The third-order valence-corrected chi connectivity index (χ3v) is 6.87. The van der Waals surface area contributed by atoms with Crippen molar-refractivity contribution in [3.05, 3.63) is 29.8 Å². The second kappa shape index (κ2) is 9.34. The smallest absolute Gasteiger partial charge is 0.243 e. The molecule has 27 heavy (non-hydrogen) atoms. The number of benzene rings is 1. The van der Waals surface area contributed by atoms with Gasteiger partial charge >= 0.3 is 0 Å². The summed E-state index contributed by atoms with van der Waals surface area (Å²) in [5, 5.41) is 3.06. The quantitative estimate of drug-likeness (QED) is 0.767. The van der Waals surface area contributed by atoms with Gasteiger partial charge < -0.3 is 15.1 Å². The molecule has 0 saturated carbocycles. The van der Waals surface area contributed by atoms with E-state index in [9.17, 15) is 13.2 Å². The van der Waals surface area contributed by atoms with Crippen LogP contribution in [-0.2, 0) is 21.4 Å². The first-order valence-corrected chi connectivity index (χ1v) is 10.6. The normalized spacial score (nSPS) is 22.0. The molecule has 1 N–H and O–H groups in total. The van der Waals surface area contributed by atoms with Crippen molar-refractivity contribution in [2.75, 3.05) is 46.8 Å². The predicted octanol–water partition coefficient (Wildman–Crippen LogP) is 0.755. The second-order valence-corrected chi connectivity index (χ2v) is 9.24. The highest BCUT2D eigenvalue weighted by atomic mass is 35.5. The maximum absolute atomic E-state index is 13.0. The van der Waals surface area contributed by atoms with Gasteiger partial charge in [0.1, 0.15) is 0 Å². The van der Waals surface area contributed by atoms with Gasteiger partial charge in [-0.05, 0) is 44.6 Å². The third kappa shape index (κ3) is 5.20. The van der Waals surface area contributed by atoms with E-state index in [1.807, 2.05) is 36.0 Å². The summed E-state index contributed by atoms with van der Waals surface area (Å²) in [5.74, 6) is 0.0635. The van der Waals surface area contributed by atoms with Crippen molar-refractivity contribution in [1.82, 2.24) is 19.4 Å². The number of hydrogen-bond donors (Lipinski definition) is 1. The fourth-order valence-electron chi connectivity index (χ4n) is 3.68. The Hall–Kier alpha value is -1.19. The molecule has 9 heteroatoms. The van der Waals surface area contributed by atoms with Gasteiger partial charge in [-0.3, -0.25) is 4.79 Å². The van der Waals surface area contributed by atoms with Gasteiger partial charge in [-0.15, -0.1) is 12.4 Å². The average molecular weight is 417 g/mol.